The molecule has 6 nitrogen and oxygen atoms in total. The van der Waals surface area contributed by atoms with Crippen molar-refractivity contribution in [3.63, 3.8) is 0 Å². The summed E-state index contributed by atoms with van der Waals surface area (Å²) in [5.74, 6) is 0. The molecule has 1 rings (SSSR count). The first-order valence-corrected chi connectivity index (χ1v) is 14.3. The Bertz CT molecular complexity index is 587. The van der Waals surface area contributed by atoms with Gasteiger partial charge in [-0.2, -0.15) is 0 Å². The summed E-state index contributed by atoms with van der Waals surface area (Å²) in [7, 11) is -4.19. The van der Waals surface area contributed by atoms with Gasteiger partial charge in [-0.1, -0.05) is 103 Å². The van der Waals surface area contributed by atoms with E-state index in [4.69, 9.17) is 9.41 Å². The van der Waals surface area contributed by atoms with Crippen LogP contribution in [-0.2, 0) is 25.2 Å². The van der Waals surface area contributed by atoms with Gasteiger partial charge in [-0.3, -0.25) is 4.52 Å². The van der Waals surface area contributed by atoms with Crippen LogP contribution in [-0.4, -0.2) is 17.6 Å². The maximum atomic E-state index is 11.9. The molecule has 32 heavy (non-hydrogen) atoms. The van der Waals surface area contributed by atoms with Gasteiger partial charge in [-0.25, -0.2) is 14.0 Å². The summed E-state index contributed by atoms with van der Waals surface area (Å²) in [6, 6.07) is 5.68. The monoisotopic (exact) mass is 472 g/mol. The predicted octanol–water partition coefficient (Wildman–Crippen LogP) is 7.30. The summed E-state index contributed by atoms with van der Waals surface area (Å²) in [4.78, 5) is 14.8. The lowest BCUT2D eigenvalue weighted by molar-refractivity contribution is -0.697. The highest BCUT2D eigenvalue weighted by Gasteiger charge is 2.24. The molecule has 0 saturated carbocycles. The van der Waals surface area contributed by atoms with Crippen LogP contribution in [0, 0.1) is 0 Å². The third-order valence-corrected chi connectivity index (χ3v) is 6.43. The standard InChI is InChI=1S/C25H46NO5P/c1-3-4-5-6-7-8-9-10-11-12-13-14-15-17-20-25(2)30-31-32(27,28)29-24-23-26-21-18-16-19-22-26/h16,18-19,21-22,25H,3-15,17,20,23-24H2,1-2H3/p+1. The van der Waals surface area contributed by atoms with Crippen LogP contribution in [0.5, 0.6) is 0 Å². The quantitative estimate of drug-likeness (QED) is 0.0630. The highest BCUT2D eigenvalue weighted by molar-refractivity contribution is 7.47. The number of hydrogen-bond acceptors (Lipinski definition) is 4. The van der Waals surface area contributed by atoms with Crippen LogP contribution >= 0.6 is 7.82 Å². The fraction of sp³-hybridized carbons (Fsp3) is 0.800. The van der Waals surface area contributed by atoms with Crippen molar-refractivity contribution in [2.24, 2.45) is 0 Å². The Balaban J connectivity index is 1.89. The molecular formula is C25H47NO5P+. The number of pyridine rings is 1. The lowest BCUT2D eigenvalue weighted by Gasteiger charge is -2.14. The van der Waals surface area contributed by atoms with E-state index in [-0.39, 0.29) is 12.7 Å². The van der Waals surface area contributed by atoms with E-state index in [0.717, 1.165) is 19.3 Å². The normalized spacial score (nSPS) is 14.3. The Kier molecular flexibility index (Phi) is 18.0. The van der Waals surface area contributed by atoms with E-state index in [2.05, 4.69) is 11.6 Å². The zero-order valence-corrected chi connectivity index (χ0v) is 21.4. The topological polar surface area (TPSA) is 68.9 Å². The summed E-state index contributed by atoms with van der Waals surface area (Å²) < 4.78 is 23.4. The molecule has 0 aliphatic rings. The summed E-state index contributed by atoms with van der Waals surface area (Å²) in [5, 5.41) is 0. The fourth-order valence-electron chi connectivity index (χ4n) is 3.67. The van der Waals surface area contributed by atoms with Crippen LogP contribution in [0.2, 0.25) is 0 Å². The molecule has 0 amide bonds. The number of nitrogens with zero attached hydrogens (tertiary/aromatic N) is 1. The van der Waals surface area contributed by atoms with Gasteiger partial charge in [0.2, 0.25) is 0 Å². The number of phosphoric ester groups is 1. The molecule has 1 aromatic heterocycles. The average Bonchev–Trinajstić information content (AvgIpc) is 2.78. The van der Waals surface area contributed by atoms with E-state index in [1.807, 2.05) is 42.1 Å². The van der Waals surface area contributed by atoms with Crippen LogP contribution in [0.4, 0.5) is 0 Å². The summed E-state index contributed by atoms with van der Waals surface area (Å²) in [6.07, 6.45) is 22.8. The Morgan fingerprint density at radius 3 is 1.84 bits per heavy atom. The van der Waals surface area contributed by atoms with Crippen molar-refractivity contribution in [2.45, 2.75) is 123 Å². The van der Waals surface area contributed by atoms with Gasteiger partial charge in [0.1, 0.15) is 6.61 Å². The van der Waals surface area contributed by atoms with Gasteiger partial charge in [0, 0.05) is 12.1 Å². The van der Waals surface area contributed by atoms with Crippen LogP contribution in [0.1, 0.15) is 110 Å². The second kappa shape index (κ2) is 19.7. The Hall–Kier alpha value is -0.780. The van der Waals surface area contributed by atoms with Crippen LogP contribution in [0.15, 0.2) is 30.6 Å². The number of rotatable bonds is 22. The number of hydrogen-bond donors (Lipinski definition) is 1. The molecule has 1 heterocycles. The maximum absolute atomic E-state index is 11.9. The first-order valence-electron chi connectivity index (χ1n) is 12.8. The number of unbranched alkanes of at least 4 members (excludes halogenated alkanes) is 13. The minimum absolute atomic E-state index is 0.0686. The van der Waals surface area contributed by atoms with Gasteiger partial charge in [0.25, 0.3) is 0 Å². The molecule has 0 saturated heterocycles. The van der Waals surface area contributed by atoms with E-state index in [9.17, 15) is 9.46 Å². The van der Waals surface area contributed by atoms with Gasteiger partial charge in [-0.05, 0) is 13.3 Å². The van der Waals surface area contributed by atoms with Gasteiger partial charge < -0.3 is 4.89 Å². The van der Waals surface area contributed by atoms with Crippen molar-refractivity contribution in [1.29, 1.82) is 0 Å². The van der Waals surface area contributed by atoms with Gasteiger partial charge in [0.05, 0.1) is 6.10 Å². The molecule has 1 aromatic rings. The minimum atomic E-state index is -4.19. The third-order valence-electron chi connectivity index (χ3n) is 5.65. The van der Waals surface area contributed by atoms with Crippen LogP contribution in [0.3, 0.4) is 0 Å². The first kappa shape index (κ1) is 29.3. The molecule has 0 aromatic carbocycles. The lowest BCUT2D eigenvalue weighted by Crippen LogP contribution is -2.34. The van der Waals surface area contributed by atoms with Crippen molar-refractivity contribution >= 4 is 7.82 Å². The van der Waals surface area contributed by atoms with E-state index >= 15 is 0 Å². The zero-order chi connectivity index (χ0) is 23.3. The lowest BCUT2D eigenvalue weighted by atomic mass is 10.0. The van der Waals surface area contributed by atoms with Crippen LogP contribution in [0.25, 0.3) is 0 Å². The van der Waals surface area contributed by atoms with E-state index < -0.39 is 7.82 Å². The highest BCUT2D eigenvalue weighted by atomic mass is 31.2. The fourth-order valence-corrected chi connectivity index (χ4v) is 4.28. The van der Waals surface area contributed by atoms with Crippen molar-refractivity contribution in [3.8, 4) is 0 Å². The number of aromatic nitrogens is 1. The predicted molar refractivity (Wildman–Crippen MR) is 129 cm³/mol. The molecule has 2 unspecified atom stereocenters. The van der Waals surface area contributed by atoms with Crippen molar-refractivity contribution in [2.75, 3.05) is 6.61 Å². The molecule has 0 radical (unpaired) electrons. The Morgan fingerprint density at radius 2 is 1.31 bits per heavy atom. The largest absolute Gasteiger partial charge is 0.499 e. The number of phosphoric acid groups is 1. The third kappa shape index (κ3) is 17.7. The highest BCUT2D eigenvalue weighted by Crippen LogP contribution is 2.43. The summed E-state index contributed by atoms with van der Waals surface area (Å²) in [5.41, 5.74) is 0. The van der Waals surface area contributed by atoms with Gasteiger partial charge >= 0.3 is 7.82 Å². The smallest absolute Gasteiger partial charge is 0.301 e. The van der Waals surface area contributed by atoms with Gasteiger partial charge in [0.15, 0.2) is 18.9 Å². The Labute approximate surface area is 196 Å². The molecule has 186 valence electrons. The summed E-state index contributed by atoms with van der Waals surface area (Å²) >= 11 is 0. The molecular weight excluding hydrogens is 425 g/mol. The molecule has 0 spiro atoms. The molecule has 0 aliphatic heterocycles. The van der Waals surface area contributed by atoms with E-state index in [1.165, 1.54) is 77.0 Å². The van der Waals surface area contributed by atoms with Crippen LogP contribution < -0.4 is 4.57 Å². The zero-order valence-electron chi connectivity index (χ0n) is 20.5. The summed E-state index contributed by atoms with van der Waals surface area (Å²) in [6.45, 7) is 4.65. The molecule has 0 fully saturated rings. The molecule has 2 atom stereocenters. The van der Waals surface area contributed by atoms with Crippen molar-refractivity contribution in [1.82, 2.24) is 0 Å². The first-order chi connectivity index (χ1) is 15.5. The molecule has 0 bridgehead atoms. The molecule has 0 aliphatic carbocycles. The average molecular weight is 473 g/mol. The Morgan fingerprint density at radius 1 is 0.812 bits per heavy atom. The SMILES string of the molecule is CCCCCCCCCCCCCCCCC(C)OOP(=O)(O)OCC[n+]1ccccc1. The second-order valence-corrected chi connectivity index (χ2v) is 10.1. The van der Waals surface area contributed by atoms with Crippen molar-refractivity contribution in [3.05, 3.63) is 30.6 Å². The maximum Gasteiger partial charge on any atom is 0.499 e. The van der Waals surface area contributed by atoms with Gasteiger partial charge in [-0.15, -0.1) is 4.67 Å². The van der Waals surface area contributed by atoms with E-state index in [0.29, 0.717) is 6.54 Å². The van der Waals surface area contributed by atoms with E-state index in [1.54, 1.807) is 0 Å². The minimum Gasteiger partial charge on any atom is -0.301 e. The second-order valence-electron chi connectivity index (χ2n) is 8.78. The molecule has 1 N–H and O–H groups in total. The van der Waals surface area contributed by atoms with Crippen molar-refractivity contribution < 1.29 is 28.1 Å². The molecule has 7 heteroatoms.